The molecule has 2 rings (SSSR count). The summed E-state index contributed by atoms with van der Waals surface area (Å²) in [5.74, 6) is 0.373. The number of ketones is 1. The number of Topliss-reactive ketones (excluding diaryl/α,β-unsaturated/α-hetero) is 1. The minimum Gasteiger partial charge on any atom is -0.316 e. The number of rotatable bonds is 2. The maximum Gasteiger partial charge on any atom is 0.168 e. The normalized spacial score (nSPS) is 21.3. The molecule has 0 radical (unpaired) electrons. The predicted molar refractivity (Wildman–Crippen MR) is 58.9 cm³/mol. The fourth-order valence-electron chi connectivity index (χ4n) is 1.92. The Labute approximate surface area is 89.9 Å². The molecule has 0 bridgehead atoms. The van der Waals surface area contributed by atoms with Gasteiger partial charge < -0.3 is 5.32 Å². The van der Waals surface area contributed by atoms with Gasteiger partial charge in [0.1, 0.15) is 0 Å². The van der Waals surface area contributed by atoms with Gasteiger partial charge in [-0.3, -0.25) is 9.78 Å². The van der Waals surface area contributed by atoms with E-state index < -0.39 is 0 Å². The number of hydrogen-bond acceptors (Lipinski definition) is 3. The van der Waals surface area contributed by atoms with Crippen molar-refractivity contribution in [2.24, 2.45) is 5.92 Å². The van der Waals surface area contributed by atoms with E-state index in [1.807, 2.05) is 19.1 Å². The van der Waals surface area contributed by atoms with Gasteiger partial charge in [-0.2, -0.15) is 0 Å². The van der Waals surface area contributed by atoms with Crippen molar-refractivity contribution in [2.75, 3.05) is 13.1 Å². The fourth-order valence-corrected chi connectivity index (χ4v) is 1.92. The van der Waals surface area contributed by atoms with Gasteiger partial charge >= 0.3 is 0 Å². The molecule has 1 N–H and O–H groups in total. The highest BCUT2D eigenvalue weighted by molar-refractivity contribution is 5.97. The van der Waals surface area contributed by atoms with E-state index in [9.17, 15) is 4.79 Å². The van der Waals surface area contributed by atoms with Crippen LogP contribution in [-0.2, 0) is 0 Å². The number of hydrogen-bond donors (Lipinski definition) is 1. The van der Waals surface area contributed by atoms with Crippen molar-refractivity contribution in [3.8, 4) is 0 Å². The number of aryl methyl sites for hydroxylation is 1. The molecule has 80 valence electrons. The number of nitrogens with zero attached hydrogens (tertiary/aromatic N) is 1. The van der Waals surface area contributed by atoms with Crippen LogP contribution in [0.3, 0.4) is 0 Å². The third kappa shape index (κ3) is 2.42. The standard InChI is InChI=1S/C12H16N2O/c1-9-4-5-11(8-14-9)12(15)10-3-2-6-13-7-10/h4-5,8,10,13H,2-3,6-7H2,1H3. The van der Waals surface area contributed by atoms with Gasteiger partial charge in [0.2, 0.25) is 0 Å². The number of carbonyl (C=O) groups is 1. The van der Waals surface area contributed by atoms with Crippen LogP contribution < -0.4 is 5.32 Å². The van der Waals surface area contributed by atoms with E-state index in [1.165, 1.54) is 0 Å². The molecule has 1 atom stereocenters. The Morgan fingerprint density at radius 1 is 1.53 bits per heavy atom. The molecule has 0 aliphatic carbocycles. The second kappa shape index (κ2) is 4.53. The van der Waals surface area contributed by atoms with Crippen molar-refractivity contribution in [1.82, 2.24) is 10.3 Å². The number of aromatic nitrogens is 1. The summed E-state index contributed by atoms with van der Waals surface area (Å²) in [6.45, 7) is 3.78. The van der Waals surface area contributed by atoms with Gasteiger partial charge in [0.05, 0.1) is 0 Å². The zero-order valence-corrected chi connectivity index (χ0v) is 8.99. The van der Waals surface area contributed by atoms with Crippen molar-refractivity contribution in [3.05, 3.63) is 29.6 Å². The van der Waals surface area contributed by atoms with Gasteiger partial charge in [-0.15, -0.1) is 0 Å². The minimum atomic E-state index is 0.142. The molecule has 1 aromatic rings. The maximum absolute atomic E-state index is 12.0. The Bertz CT molecular complexity index is 339. The lowest BCUT2D eigenvalue weighted by Crippen LogP contribution is -2.34. The lowest BCUT2D eigenvalue weighted by atomic mass is 9.91. The van der Waals surface area contributed by atoms with E-state index in [4.69, 9.17) is 0 Å². The van der Waals surface area contributed by atoms with Gasteiger partial charge in [0.25, 0.3) is 0 Å². The summed E-state index contributed by atoms with van der Waals surface area (Å²) in [6.07, 6.45) is 3.78. The molecule has 3 heteroatoms. The van der Waals surface area contributed by atoms with Crippen LogP contribution >= 0.6 is 0 Å². The topological polar surface area (TPSA) is 42.0 Å². The van der Waals surface area contributed by atoms with E-state index >= 15 is 0 Å². The lowest BCUT2D eigenvalue weighted by molar-refractivity contribution is 0.0899. The van der Waals surface area contributed by atoms with Gasteiger partial charge in [0, 0.05) is 29.9 Å². The third-order valence-corrected chi connectivity index (χ3v) is 2.86. The van der Waals surface area contributed by atoms with Crippen molar-refractivity contribution < 1.29 is 4.79 Å². The second-order valence-electron chi connectivity index (χ2n) is 4.10. The van der Waals surface area contributed by atoms with Crippen molar-refractivity contribution in [3.63, 3.8) is 0 Å². The first kappa shape index (κ1) is 10.3. The van der Waals surface area contributed by atoms with Crippen LogP contribution in [0.15, 0.2) is 18.3 Å². The van der Waals surface area contributed by atoms with E-state index in [2.05, 4.69) is 10.3 Å². The number of nitrogens with one attached hydrogen (secondary N) is 1. The van der Waals surface area contributed by atoms with Crippen LogP contribution in [-0.4, -0.2) is 23.9 Å². The predicted octanol–water partition coefficient (Wildman–Crippen LogP) is 1.57. The molecule has 0 spiro atoms. The van der Waals surface area contributed by atoms with E-state index in [0.29, 0.717) is 0 Å². The molecular weight excluding hydrogens is 188 g/mol. The SMILES string of the molecule is Cc1ccc(C(=O)C2CCCNC2)cn1. The Hall–Kier alpha value is -1.22. The Morgan fingerprint density at radius 2 is 2.40 bits per heavy atom. The first-order valence-electron chi connectivity index (χ1n) is 5.45. The molecule has 1 aromatic heterocycles. The molecule has 0 amide bonds. The van der Waals surface area contributed by atoms with Crippen LogP contribution in [0.5, 0.6) is 0 Å². The zero-order chi connectivity index (χ0) is 10.7. The summed E-state index contributed by atoms with van der Waals surface area (Å²) in [7, 11) is 0. The summed E-state index contributed by atoms with van der Waals surface area (Å²) in [5, 5.41) is 3.26. The van der Waals surface area contributed by atoms with E-state index in [0.717, 1.165) is 37.2 Å². The highest BCUT2D eigenvalue weighted by atomic mass is 16.1. The molecule has 3 nitrogen and oxygen atoms in total. The first-order valence-corrected chi connectivity index (χ1v) is 5.45. The maximum atomic E-state index is 12.0. The van der Waals surface area contributed by atoms with Crippen molar-refractivity contribution >= 4 is 5.78 Å². The van der Waals surface area contributed by atoms with Crippen LogP contribution in [0.4, 0.5) is 0 Å². The quantitative estimate of drug-likeness (QED) is 0.743. The van der Waals surface area contributed by atoms with Gasteiger partial charge in [0.15, 0.2) is 5.78 Å². The average Bonchev–Trinajstić information content (AvgIpc) is 2.30. The minimum absolute atomic E-state index is 0.142. The van der Waals surface area contributed by atoms with E-state index in [1.54, 1.807) is 6.20 Å². The van der Waals surface area contributed by atoms with Gasteiger partial charge in [-0.25, -0.2) is 0 Å². The fraction of sp³-hybridized carbons (Fsp3) is 0.500. The van der Waals surface area contributed by atoms with Crippen molar-refractivity contribution in [1.29, 1.82) is 0 Å². The molecule has 1 saturated heterocycles. The Balaban J connectivity index is 2.09. The van der Waals surface area contributed by atoms with Crippen LogP contribution in [0.25, 0.3) is 0 Å². The number of pyridine rings is 1. The molecule has 1 aliphatic heterocycles. The summed E-state index contributed by atoms with van der Waals surface area (Å²) in [4.78, 5) is 16.2. The monoisotopic (exact) mass is 204 g/mol. The number of carbonyl (C=O) groups excluding carboxylic acids is 1. The molecule has 1 aliphatic rings. The molecular formula is C12H16N2O. The third-order valence-electron chi connectivity index (χ3n) is 2.86. The molecule has 2 heterocycles. The summed E-state index contributed by atoms with van der Waals surface area (Å²) in [6, 6.07) is 3.77. The van der Waals surface area contributed by atoms with Gasteiger partial charge in [-0.05, 0) is 38.4 Å². The van der Waals surface area contributed by atoms with Gasteiger partial charge in [-0.1, -0.05) is 0 Å². The highest BCUT2D eigenvalue weighted by Gasteiger charge is 2.21. The second-order valence-corrected chi connectivity index (χ2v) is 4.10. The Kier molecular flexibility index (Phi) is 3.11. The lowest BCUT2D eigenvalue weighted by Gasteiger charge is -2.21. The van der Waals surface area contributed by atoms with Crippen molar-refractivity contribution in [2.45, 2.75) is 19.8 Å². The Morgan fingerprint density at radius 3 is 3.00 bits per heavy atom. The largest absolute Gasteiger partial charge is 0.316 e. The molecule has 1 fully saturated rings. The summed E-state index contributed by atoms with van der Waals surface area (Å²) >= 11 is 0. The smallest absolute Gasteiger partial charge is 0.168 e. The van der Waals surface area contributed by atoms with E-state index in [-0.39, 0.29) is 11.7 Å². The molecule has 15 heavy (non-hydrogen) atoms. The summed E-state index contributed by atoms with van der Waals surface area (Å²) in [5.41, 5.74) is 1.70. The van der Waals surface area contributed by atoms with Crippen LogP contribution in [0.1, 0.15) is 28.9 Å². The highest BCUT2D eigenvalue weighted by Crippen LogP contribution is 2.16. The van der Waals surface area contributed by atoms with Crippen LogP contribution in [0, 0.1) is 12.8 Å². The molecule has 1 unspecified atom stereocenters. The van der Waals surface area contributed by atoms with Crippen LogP contribution in [0.2, 0.25) is 0 Å². The summed E-state index contributed by atoms with van der Waals surface area (Å²) < 4.78 is 0. The first-order chi connectivity index (χ1) is 7.27. The number of piperidine rings is 1. The zero-order valence-electron chi connectivity index (χ0n) is 8.99. The average molecular weight is 204 g/mol. The molecule has 0 saturated carbocycles. The molecule has 0 aromatic carbocycles.